The van der Waals surface area contributed by atoms with Crippen LogP contribution in [0.1, 0.15) is 91.9 Å². The summed E-state index contributed by atoms with van der Waals surface area (Å²) in [5, 5.41) is 40.4. The van der Waals surface area contributed by atoms with Crippen LogP contribution in [-0.2, 0) is 18.9 Å². The van der Waals surface area contributed by atoms with E-state index in [0.717, 1.165) is 50.0 Å². The van der Waals surface area contributed by atoms with Crippen molar-refractivity contribution in [3.63, 3.8) is 0 Å². The lowest BCUT2D eigenvalue weighted by Gasteiger charge is -2.61. The van der Waals surface area contributed by atoms with Gasteiger partial charge in [0.25, 0.3) is 0 Å². The molecular formula is C33H54O8. The Morgan fingerprint density at radius 2 is 1.61 bits per heavy atom. The second kappa shape index (κ2) is 10.4. The molecule has 8 nitrogen and oxygen atoms in total. The van der Waals surface area contributed by atoms with Crippen LogP contribution in [0.15, 0.2) is 0 Å². The molecule has 0 aromatic heterocycles. The maximum atomic E-state index is 10.5. The molecule has 7 fully saturated rings. The fraction of sp³-hybridized carbons (Fsp3) is 1.00. The van der Waals surface area contributed by atoms with Gasteiger partial charge in [-0.05, 0) is 104 Å². The second-order valence-corrected chi connectivity index (χ2v) is 15.9. The summed E-state index contributed by atoms with van der Waals surface area (Å²) in [5.74, 6) is 4.08. The van der Waals surface area contributed by atoms with E-state index in [1.807, 2.05) is 0 Å². The number of hydrogen-bond acceptors (Lipinski definition) is 8. The van der Waals surface area contributed by atoms with Gasteiger partial charge in [-0.15, -0.1) is 0 Å². The first kappa shape index (κ1) is 29.4. The molecule has 4 saturated carbocycles. The van der Waals surface area contributed by atoms with Gasteiger partial charge >= 0.3 is 0 Å². The predicted molar refractivity (Wildman–Crippen MR) is 150 cm³/mol. The molecular weight excluding hydrogens is 524 g/mol. The van der Waals surface area contributed by atoms with Crippen LogP contribution in [0.2, 0.25) is 0 Å². The first-order valence-corrected chi connectivity index (χ1v) is 16.8. The van der Waals surface area contributed by atoms with Crippen molar-refractivity contribution in [3.05, 3.63) is 0 Å². The van der Waals surface area contributed by atoms with E-state index < -0.39 is 37.3 Å². The Morgan fingerprint density at radius 1 is 0.829 bits per heavy atom. The molecule has 0 radical (unpaired) electrons. The van der Waals surface area contributed by atoms with Crippen LogP contribution in [0.5, 0.6) is 0 Å². The summed E-state index contributed by atoms with van der Waals surface area (Å²) in [6.45, 7) is 10.3. The monoisotopic (exact) mass is 578 g/mol. The van der Waals surface area contributed by atoms with Gasteiger partial charge in [0.2, 0.25) is 0 Å². The highest BCUT2D eigenvalue weighted by Gasteiger charge is 2.69. The van der Waals surface area contributed by atoms with Gasteiger partial charge in [-0.3, -0.25) is 0 Å². The molecule has 0 aromatic rings. The first-order chi connectivity index (χ1) is 19.5. The third-order valence-corrected chi connectivity index (χ3v) is 14.1. The number of hydrogen-bond donors (Lipinski definition) is 4. The van der Waals surface area contributed by atoms with Gasteiger partial charge in [-0.25, -0.2) is 0 Å². The topological polar surface area (TPSA) is 118 Å². The molecule has 41 heavy (non-hydrogen) atoms. The summed E-state index contributed by atoms with van der Waals surface area (Å²) in [6, 6.07) is 0. The maximum Gasteiger partial charge on any atom is 0.186 e. The van der Waals surface area contributed by atoms with E-state index in [9.17, 15) is 20.4 Å². The number of rotatable bonds is 3. The largest absolute Gasteiger partial charge is 0.394 e. The number of ether oxygens (including phenoxy) is 4. The van der Waals surface area contributed by atoms with Gasteiger partial charge in [0, 0.05) is 12.3 Å². The van der Waals surface area contributed by atoms with Crippen molar-refractivity contribution in [2.45, 2.75) is 141 Å². The standard InChI is InChI=1S/C33H54O8/c1-17-7-12-33(38-16-17)18(2)26-24(41-33)14-23-21-6-5-19-13-20(8-10-31(19,3)22(21)9-11-32(23,26)4)39-30-29(37)28(36)27(35)25(15-34)40-30/h17-30,34-37H,5-16H2,1-4H3/t17-,18-,19+,20-,21-,22+,23+,24-,25+,26-,27+,28-,29+,30+,31-,32-,33-/m1/s1. The summed E-state index contributed by atoms with van der Waals surface area (Å²) in [6.07, 6.45) is 5.64. The normalized spacial score (nSPS) is 60.3. The van der Waals surface area contributed by atoms with Gasteiger partial charge in [0.15, 0.2) is 12.1 Å². The molecule has 17 atom stereocenters. The summed E-state index contributed by atoms with van der Waals surface area (Å²) in [5.41, 5.74) is 0.612. The Kier molecular flexibility index (Phi) is 7.43. The van der Waals surface area contributed by atoms with E-state index in [1.165, 1.54) is 38.5 Å². The highest BCUT2D eigenvalue weighted by Crippen LogP contribution is 2.71. The van der Waals surface area contributed by atoms with Gasteiger partial charge in [-0.2, -0.15) is 0 Å². The highest BCUT2D eigenvalue weighted by molar-refractivity contribution is 5.15. The Hall–Kier alpha value is -0.320. The SMILES string of the molecule is C[C@@H]1CC[C@@]2(OC1)O[C@@H]1C[C@H]3[C@@H]4CC[C@H]5C[C@H](O[C@H]6O[C@@H](CO)[C@H](O)[C@@H](O)[C@@H]6O)CC[C@@]5(C)[C@H]4CC[C@@]3(C)[C@@H]1[C@H]2C. The molecule has 3 heterocycles. The molecule has 3 saturated heterocycles. The maximum absolute atomic E-state index is 10.5. The minimum atomic E-state index is -1.40. The molecule has 3 aliphatic heterocycles. The quantitative estimate of drug-likeness (QED) is 0.375. The van der Waals surface area contributed by atoms with Crippen molar-refractivity contribution in [2.24, 2.45) is 52.3 Å². The molecule has 7 aliphatic rings. The smallest absolute Gasteiger partial charge is 0.186 e. The van der Waals surface area contributed by atoms with E-state index >= 15 is 0 Å². The van der Waals surface area contributed by atoms with Crippen LogP contribution in [0.3, 0.4) is 0 Å². The minimum Gasteiger partial charge on any atom is -0.394 e. The van der Waals surface area contributed by atoms with Crippen molar-refractivity contribution in [3.8, 4) is 0 Å². The molecule has 7 rings (SSSR count). The average molecular weight is 579 g/mol. The number of fused-ring (bicyclic) bond motifs is 7. The molecule has 234 valence electrons. The lowest BCUT2D eigenvalue weighted by molar-refractivity contribution is -0.316. The van der Waals surface area contributed by atoms with E-state index in [0.29, 0.717) is 35.2 Å². The lowest BCUT2D eigenvalue weighted by atomic mass is 9.44. The lowest BCUT2D eigenvalue weighted by Crippen LogP contribution is -2.60. The Bertz CT molecular complexity index is 967. The Labute approximate surface area is 245 Å². The van der Waals surface area contributed by atoms with E-state index in [4.69, 9.17) is 18.9 Å². The molecule has 0 amide bonds. The molecule has 1 spiro atoms. The summed E-state index contributed by atoms with van der Waals surface area (Å²) >= 11 is 0. The van der Waals surface area contributed by atoms with Crippen molar-refractivity contribution in [1.29, 1.82) is 0 Å². The van der Waals surface area contributed by atoms with Crippen LogP contribution in [0.25, 0.3) is 0 Å². The first-order valence-electron chi connectivity index (χ1n) is 16.8. The average Bonchev–Trinajstić information content (AvgIpc) is 3.40. The van der Waals surface area contributed by atoms with Gasteiger partial charge < -0.3 is 39.4 Å². The zero-order valence-electron chi connectivity index (χ0n) is 25.5. The zero-order valence-corrected chi connectivity index (χ0v) is 25.5. The number of aliphatic hydroxyl groups is 4. The van der Waals surface area contributed by atoms with Crippen LogP contribution >= 0.6 is 0 Å². The Balaban J connectivity index is 1.03. The van der Waals surface area contributed by atoms with Crippen molar-refractivity contribution in [1.82, 2.24) is 0 Å². The second-order valence-electron chi connectivity index (χ2n) is 15.9. The van der Waals surface area contributed by atoms with Crippen molar-refractivity contribution >= 4 is 0 Å². The summed E-state index contributed by atoms with van der Waals surface area (Å²) < 4.78 is 25.4. The highest BCUT2D eigenvalue weighted by atomic mass is 16.7. The van der Waals surface area contributed by atoms with Crippen LogP contribution in [-0.4, -0.2) is 82.3 Å². The van der Waals surface area contributed by atoms with Crippen LogP contribution in [0, 0.1) is 52.3 Å². The molecule has 4 aliphatic carbocycles. The molecule has 4 N–H and O–H groups in total. The Morgan fingerprint density at radius 3 is 2.34 bits per heavy atom. The van der Waals surface area contributed by atoms with Crippen molar-refractivity contribution < 1.29 is 39.4 Å². The van der Waals surface area contributed by atoms with Gasteiger partial charge in [-0.1, -0.05) is 27.7 Å². The number of aliphatic hydroxyl groups excluding tert-OH is 4. The van der Waals surface area contributed by atoms with E-state index in [-0.39, 0.29) is 17.3 Å². The van der Waals surface area contributed by atoms with Gasteiger partial charge in [0.05, 0.1) is 25.4 Å². The zero-order chi connectivity index (χ0) is 28.9. The molecule has 0 aromatic carbocycles. The van der Waals surface area contributed by atoms with Crippen LogP contribution in [0.4, 0.5) is 0 Å². The fourth-order valence-electron chi connectivity index (χ4n) is 11.7. The van der Waals surface area contributed by atoms with E-state index in [1.54, 1.807) is 0 Å². The van der Waals surface area contributed by atoms with Crippen molar-refractivity contribution in [2.75, 3.05) is 13.2 Å². The predicted octanol–water partition coefficient (Wildman–Crippen LogP) is 3.62. The summed E-state index contributed by atoms with van der Waals surface area (Å²) in [4.78, 5) is 0. The minimum absolute atomic E-state index is 0.0607. The molecule has 0 unspecified atom stereocenters. The third-order valence-electron chi connectivity index (χ3n) is 14.1. The van der Waals surface area contributed by atoms with E-state index in [2.05, 4.69) is 27.7 Å². The third kappa shape index (κ3) is 4.36. The van der Waals surface area contributed by atoms with Crippen LogP contribution < -0.4 is 0 Å². The summed E-state index contributed by atoms with van der Waals surface area (Å²) in [7, 11) is 0. The molecule has 8 heteroatoms. The van der Waals surface area contributed by atoms with Gasteiger partial charge in [0.1, 0.15) is 24.4 Å². The molecule has 0 bridgehead atoms. The fourth-order valence-corrected chi connectivity index (χ4v) is 11.7.